The summed E-state index contributed by atoms with van der Waals surface area (Å²) in [7, 11) is 0. The molecule has 0 fully saturated rings. The number of ether oxygens (including phenoxy) is 1. The summed E-state index contributed by atoms with van der Waals surface area (Å²) in [5, 5.41) is 17.3. The number of nitrogens with zero attached hydrogens (tertiary/aromatic N) is 3. The first-order valence-electron chi connectivity index (χ1n) is 4.92. The van der Waals surface area contributed by atoms with Crippen LogP contribution in [0.25, 0.3) is 0 Å². The maximum absolute atomic E-state index is 10.6. The Morgan fingerprint density at radius 1 is 1.22 bits per heavy atom. The molecule has 2 rings (SSSR count). The third-order valence-electron chi connectivity index (χ3n) is 2.07. The van der Waals surface area contributed by atoms with E-state index in [0.717, 1.165) is 12.4 Å². The summed E-state index contributed by atoms with van der Waals surface area (Å²) in [5.41, 5.74) is 0.506. The van der Waals surface area contributed by atoms with Crippen molar-refractivity contribution < 1.29 is 14.6 Å². The van der Waals surface area contributed by atoms with Gasteiger partial charge >= 0.3 is 12.0 Å². The van der Waals surface area contributed by atoms with Crippen molar-refractivity contribution in [2.24, 2.45) is 0 Å². The van der Waals surface area contributed by atoms with Gasteiger partial charge in [-0.1, -0.05) is 0 Å². The number of carboxylic acids is 1. The van der Waals surface area contributed by atoms with Crippen LogP contribution >= 0.6 is 0 Å². The van der Waals surface area contributed by atoms with E-state index in [1.165, 1.54) is 0 Å². The fraction of sp³-hybridized carbons (Fsp3) is 0. The molecule has 0 aliphatic rings. The smallest absolute Gasteiger partial charge is 0.338 e. The van der Waals surface area contributed by atoms with Crippen LogP contribution in [0.2, 0.25) is 0 Å². The lowest BCUT2D eigenvalue weighted by atomic mass is 10.2. The van der Waals surface area contributed by atoms with Crippen LogP contribution in [-0.2, 0) is 0 Å². The van der Waals surface area contributed by atoms with Crippen LogP contribution in [0.15, 0.2) is 36.7 Å². The predicted octanol–water partition coefficient (Wildman–Crippen LogP) is 1.84. The molecule has 0 amide bonds. The van der Waals surface area contributed by atoms with Gasteiger partial charge in [0.2, 0.25) is 0 Å². The van der Waals surface area contributed by atoms with Crippen LogP contribution in [0.1, 0.15) is 15.9 Å². The van der Waals surface area contributed by atoms with Gasteiger partial charge in [-0.2, -0.15) is 5.26 Å². The normalized spacial score (nSPS) is 9.50. The molecule has 6 heteroatoms. The molecule has 88 valence electrons. The van der Waals surface area contributed by atoms with Crippen molar-refractivity contribution in [1.82, 2.24) is 9.97 Å². The number of carboxylic acid groups (broad SMARTS) is 1. The van der Waals surface area contributed by atoms with Gasteiger partial charge in [0.15, 0.2) is 0 Å². The van der Waals surface area contributed by atoms with Gasteiger partial charge < -0.3 is 9.84 Å². The van der Waals surface area contributed by atoms with Crippen LogP contribution in [0.4, 0.5) is 0 Å². The van der Waals surface area contributed by atoms with Gasteiger partial charge in [0.05, 0.1) is 17.2 Å². The second-order valence-electron chi connectivity index (χ2n) is 3.30. The summed E-state index contributed by atoms with van der Waals surface area (Å²) in [4.78, 5) is 18.1. The SMILES string of the molecule is N#Cc1ccc(Oc2ncc(C(=O)O)cn2)cc1. The lowest BCUT2D eigenvalue weighted by Gasteiger charge is -2.03. The highest BCUT2D eigenvalue weighted by molar-refractivity contribution is 5.86. The average molecular weight is 241 g/mol. The summed E-state index contributed by atoms with van der Waals surface area (Å²) in [6.45, 7) is 0. The molecule has 1 aromatic heterocycles. The molecule has 6 nitrogen and oxygen atoms in total. The summed E-state index contributed by atoms with van der Waals surface area (Å²) in [5.74, 6) is -0.628. The summed E-state index contributed by atoms with van der Waals surface area (Å²) in [6.07, 6.45) is 2.32. The molecule has 0 aliphatic carbocycles. The zero-order valence-electron chi connectivity index (χ0n) is 9.07. The highest BCUT2D eigenvalue weighted by atomic mass is 16.5. The number of nitriles is 1. The van der Waals surface area contributed by atoms with Crippen molar-refractivity contribution in [3.63, 3.8) is 0 Å². The Labute approximate surface area is 102 Å². The van der Waals surface area contributed by atoms with Gasteiger partial charge in [-0.15, -0.1) is 0 Å². The van der Waals surface area contributed by atoms with Crippen molar-refractivity contribution in [1.29, 1.82) is 5.26 Å². The number of hydrogen-bond acceptors (Lipinski definition) is 5. The fourth-order valence-corrected chi connectivity index (χ4v) is 1.18. The topological polar surface area (TPSA) is 96.1 Å². The van der Waals surface area contributed by atoms with E-state index in [9.17, 15) is 4.79 Å². The molecule has 2 aromatic rings. The number of aromatic carboxylic acids is 1. The Morgan fingerprint density at radius 3 is 2.33 bits per heavy atom. The number of aromatic nitrogens is 2. The van der Waals surface area contributed by atoms with Gasteiger partial charge in [0, 0.05) is 12.4 Å². The minimum absolute atomic E-state index is 0.0119. The van der Waals surface area contributed by atoms with Gasteiger partial charge in [-0.3, -0.25) is 0 Å². The number of rotatable bonds is 3. The van der Waals surface area contributed by atoms with E-state index in [-0.39, 0.29) is 11.6 Å². The van der Waals surface area contributed by atoms with Gasteiger partial charge in [-0.05, 0) is 24.3 Å². The highest BCUT2D eigenvalue weighted by Gasteiger charge is 2.05. The van der Waals surface area contributed by atoms with Gasteiger partial charge in [0.25, 0.3) is 0 Å². The van der Waals surface area contributed by atoms with Crippen LogP contribution in [-0.4, -0.2) is 21.0 Å². The quantitative estimate of drug-likeness (QED) is 0.880. The Bertz CT molecular complexity index is 600. The zero-order valence-corrected chi connectivity index (χ0v) is 9.07. The van der Waals surface area contributed by atoms with Crippen molar-refractivity contribution in [3.8, 4) is 17.8 Å². The molecule has 1 N–H and O–H groups in total. The fourth-order valence-electron chi connectivity index (χ4n) is 1.18. The highest BCUT2D eigenvalue weighted by Crippen LogP contribution is 2.17. The van der Waals surface area contributed by atoms with E-state index in [1.54, 1.807) is 24.3 Å². The lowest BCUT2D eigenvalue weighted by Crippen LogP contribution is -1.99. The van der Waals surface area contributed by atoms with Gasteiger partial charge in [-0.25, -0.2) is 14.8 Å². The molecule has 0 atom stereocenters. The molecule has 0 saturated carbocycles. The molecule has 0 saturated heterocycles. The largest absolute Gasteiger partial charge is 0.478 e. The maximum atomic E-state index is 10.6. The second-order valence-corrected chi connectivity index (χ2v) is 3.30. The van der Waals surface area contributed by atoms with Crippen molar-refractivity contribution >= 4 is 5.97 Å². The van der Waals surface area contributed by atoms with Gasteiger partial charge in [0.1, 0.15) is 5.75 Å². The average Bonchev–Trinajstić information content (AvgIpc) is 2.40. The number of carbonyl (C=O) groups is 1. The van der Waals surface area contributed by atoms with Crippen LogP contribution < -0.4 is 4.74 Å². The number of hydrogen-bond donors (Lipinski definition) is 1. The first-order valence-corrected chi connectivity index (χ1v) is 4.92. The van der Waals surface area contributed by atoms with Crippen LogP contribution in [0.5, 0.6) is 11.8 Å². The summed E-state index contributed by atoms with van der Waals surface area (Å²) in [6, 6.07) is 8.44. The standard InChI is InChI=1S/C12H7N3O3/c13-5-8-1-3-10(4-2-8)18-12-14-6-9(7-15-12)11(16)17/h1-4,6-7H,(H,16,17). The molecule has 0 unspecified atom stereocenters. The first-order chi connectivity index (χ1) is 8.69. The maximum Gasteiger partial charge on any atom is 0.338 e. The first kappa shape index (κ1) is 11.5. The third kappa shape index (κ3) is 2.59. The van der Waals surface area contributed by atoms with Crippen molar-refractivity contribution in [3.05, 3.63) is 47.8 Å². The monoisotopic (exact) mass is 241 g/mol. The second kappa shape index (κ2) is 4.93. The molecule has 18 heavy (non-hydrogen) atoms. The molecule has 0 bridgehead atoms. The van der Waals surface area contributed by atoms with E-state index < -0.39 is 5.97 Å². The summed E-state index contributed by atoms with van der Waals surface area (Å²) < 4.78 is 5.29. The minimum Gasteiger partial charge on any atom is -0.478 e. The molecular weight excluding hydrogens is 234 g/mol. The molecule has 0 radical (unpaired) electrons. The Balaban J connectivity index is 2.13. The third-order valence-corrected chi connectivity index (χ3v) is 2.07. The van der Waals surface area contributed by atoms with E-state index in [1.807, 2.05) is 6.07 Å². The van der Waals surface area contributed by atoms with Crippen LogP contribution in [0, 0.1) is 11.3 Å². The van der Waals surface area contributed by atoms with E-state index in [4.69, 9.17) is 15.1 Å². The lowest BCUT2D eigenvalue weighted by molar-refractivity contribution is 0.0696. The zero-order chi connectivity index (χ0) is 13.0. The van der Waals surface area contributed by atoms with E-state index >= 15 is 0 Å². The summed E-state index contributed by atoms with van der Waals surface area (Å²) >= 11 is 0. The minimum atomic E-state index is -1.10. The van der Waals surface area contributed by atoms with Crippen LogP contribution in [0.3, 0.4) is 0 Å². The van der Waals surface area contributed by atoms with E-state index in [0.29, 0.717) is 11.3 Å². The number of benzene rings is 1. The Morgan fingerprint density at radius 2 is 1.83 bits per heavy atom. The molecular formula is C12H7N3O3. The molecule has 1 aromatic carbocycles. The van der Waals surface area contributed by atoms with Crippen molar-refractivity contribution in [2.75, 3.05) is 0 Å². The Hall–Kier alpha value is -2.94. The van der Waals surface area contributed by atoms with E-state index in [2.05, 4.69) is 9.97 Å². The Kier molecular flexibility index (Phi) is 3.16. The van der Waals surface area contributed by atoms with Crippen molar-refractivity contribution in [2.45, 2.75) is 0 Å². The predicted molar refractivity (Wildman–Crippen MR) is 60.2 cm³/mol. The molecule has 0 spiro atoms. The molecule has 1 heterocycles. The molecule has 0 aliphatic heterocycles.